The summed E-state index contributed by atoms with van der Waals surface area (Å²) in [4.78, 5) is 0.150. The second kappa shape index (κ2) is 6.78. The van der Waals surface area contributed by atoms with Gasteiger partial charge in [0, 0.05) is 6.04 Å². The molecule has 1 aromatic heterocycles. The molecule has 1 atom stereocenters. The van der Waals surface area contributed by atoms with Crippen LogP contribution >= 0.6 is 0 Å². The quantitative estimate of drug-likeness (QED) is 0.652. The number of furan rings is 1. The van der Waals surface area contributed by atoms with Crippen molar-refractivity contribution in [3.8, 4) is 0 Å². The first-order valence-corrected chi connectivity index (χ1v) is 11.8. The van der Waals surface area contributed by atoms with E-state index < -0.39 is 25.9 Å². The first kappa shape index (κ1) is 18.2. The molecule has 0 radical (unpaired) electrons. The highest BCUT2D eigenvalue weighted by molar-refractivity contribution is 7.92. The van der Waals surface area contributed by atoms with Crippen LogP contribution in [0.15, 0.2) is 70.2 Å². The van der Waals surface area contributed by atoms with Gasteiger partial charge < -0.3 is 4.42 Å². The van der Waals surface area contributed by atoms with E-state index in [1.54, 1.807) is 30.3 Å². The van der Waals surface area contributed by atoms with Crippen molar-refractivity contribution in [2.75, 3.05) is 11.5 Å². The Hall–Kier alpha value is -2.16. The molecule has 27 heavy (non-hydrogen) atoms. The first-order valence-electron chi connectivity index (χ1n) is 8.59. The van der Waals surface area contributed by atoms with Gasteiger partial charge in [-0.3, -0.25) is 0 Å². The Balaban J connectivity index is 1.76. The van der Waals surface area contributed by atoms with Crippen molar-refractivity contribution in [3.63, 3.8) is 0 Å². The maximum absolute atomic E-state index is 13.4. The van der Waals surface area contributed by atoms with Crippen LogP contribution in [-0.4, -0.2) is 38.7 Å². The predicted octanol–water partition coefficient (Wildman–Crippen LogP) is 2.81. The average Bonchev–Trinajstić information content (AvgIpc) is 3.28. The van der Waals surface area contributed by atoms with Crippen molar-refractivity contribution >= 4 is 30.6 Å². The highest BCUT2D eigenvalue weighted by atomic mass is 32.2. The molecule has 1 aliphatic rings. The molecule has 1 saturated heterocycles. The smallest absolute Gasteiger partial charge is 0.243 e. The minimum Gasteiger partial charge on any atom is -0.468 e. The number of sulfone groups is 1. The van der Waals surface area contributed by atoms with Gasteiger partial charge in [-0.25, -0.2) is 16.8 Å². The van der Waals surface area contributed by atoms with Gasteiger partial charge in [0.05, 0.1) is 29.2 Å². The largest absolute Gasteiger partial charge is 0.468 e. The van der Waals surface area contributed by atoms with Gasteiger partial charge >= 0.3 is 0 Å². The molecule has 0 N–H and O–H groups in total. The molecule has 0 amide bonds. The molecule has 2 heterocycles. The summed E-state index contributed by atoms with van der Waals surface area (Å²) in [6, 6.07) is 15.2. The fourth-order valence-corrected chi connectivity index (χ4v) is 6.91. The van der Waals surface area contributed by atoms with Gasteiger partial charge in [-0.05, 0) is 41.5 Å². The van der Waals surface area contributed by atoms with E-state index in [0.717, 1.165) is 10.8 Å². The standard InChI is InChI=1S/C19H19NO5S2/c21-26(22)11-9-17(14-26)20(13-18-6-3-10-25-18)27(23,24)19-8-7-15-4-1-2-5-16(15)12-19/h1-8,10,12,17H,9,11,13-14H2/t17-/m1/s1. The molecule has 4 rings (SSSR count). The molecule has 0 spiro atoms. The fraction of sp³-hybridized carbons (Fsp3) is 0.263. The Labute approximate surface area is 158 Å². The lowest BCUT2D eigenvalue weighted by Gasteiger charge is -2.26. The third-order valence-corrected chi connectivity index (χ3v) is 8.48. The van der Waals surface area contributed by atoms with Crippen LogP contribution in [0.5, 0.6) is 0 Å². The van der Waals surface area contributed by atoms with Gasteiger partial charge in [0.25, 0.3) is 0 Å². The van der Waals surface area contributed by atoms with Gasteiger partial charge in [0.2, 0.25) is 10.0 Å². The number of nitrogens with zero attached hydrogens (tertiary/aromatic N) is 1. The summed E-state index contributed by atoms with van der Waals surface area (Å²) in [7, 11) is -7.13. The third-order valence-electron chi connectivity index (χ3n) is 4.83. The second-order valence-corrected chi connectivity index (χ2v) is 10.8. The van der Waals surface area contributed by atoms with Crippen LogP contribution in [0.25, 0.3) is 10.8 Å². The van der Waals surface area contributed by atoms with Crippen molar-refractivity contribution in [1.82, 2.24) is 4.31 Å². The summed E-state index contributed by atoms with van der Waals surface area (Å²) in [6.45, 7) is 0.00233. The van der Waals surface area contributed by atoms with Crippen molar-refractivity contribution in [2.24, 2.45) is 0 Å². The number of hydrogen-bond donors (Lipinski definition) is 0. The topological polar surface area (TPSA) is 84.7 Å². The van der Waals surface area contributed by atoms with Crippen LogP contribution in [0.1, 0.15) is 12.2 Å². The number of rotatable bonds is 5. The Morgan fingerprint density at radius 3 is 2.48 bits per heavy atom. The van der Waals surface area contributed by atoms with E-state index >= 15 is 0 Å². The van der Waals surface area contributed by atoms with Crippen molar-refractivity contribution in [3.05, 3.63) is 66.6 Å². The highest BCUT2D eigenvalue weighted by Gasteiger charge is 2.39. The summed E-state index contributed by atoms with van der Waals surface area (Å²) in [5, 5.41) is 1.76. The maximum Gasteiger partial charge on any atom is 0.243 e. The Kier molecular flexibility index (Phi) is 4.57. The molecule has 3 aromatic rings. The van der Waals surface area contributed by atoms with Crippen LogP contribution in [0.3, 0.4) is 0 Å². The van der Waals surface area contributed by atoms with E-state index in [1.807, 2.05) is 24.3 Å². The Morgan fingerprint density at radius 2 is 1.81 bits per heavy atom. The van der Waals surface area contributed by atoms with Crippen molar-refractivity contribution in [2.45, 2.75) is 23.9 Å². The van der Waals surface area contributed by atoms with Crippen LogP contribution in [0.2, 0.25) is 0 Å². The lowest BCUT2D eigenvalue weighted by molar-refractivity contribution is 0.307. The molecule has 0 saturated carbocycles. The monoisotopic (exact) mass is 405 g/mol. The molecular weight excluding hydrogens is 386 g/mol. The Morgan fingerprint density at radius 1 is 1.04 bits per heavy atom. The molecule has 1 aliphatic heterocycles. The zero-order valence-corrected chi connectivity index (χ0v) is 16.1. The van der Waals surface area contributed by atoms with E-state index in [2.05, 4.69) is 0 Å². The normalized spacial score (nSPS) is 19.7. The summed E-state index contributed by atoms with van der Waals surface area (Å²) in [5.74, 6) is 0.309. The molecular formula is C19H19NO5S2. The van der Waals surface area contributed by atoms with Gasteiger partial charge in [0.1, 0.15) is 5.76 Å². The first-order chi connectivity index (χ1) is 12.9. The molecule has 0 bridgehead atoms. The predicted molar refractivity (Wildman–Crippen MR) is 102 cm³/mol. The summed E-state index contributed by atoms with van der Waals surface area (Å²) in [5.41, 5.74) is 0. The average molecular weight is 405 g/mol. The SMILES string of the molecule is O=S1(=O)CC[C@@H](N(Cc2ccco2)S(=O)(=O)c2ccc3ccccc3c2)C1. The van der Waals surface area contributed by atoms with E-state index in [9.17, 15) is 16.8 Å². The van der Waals surface area contributed by atoms with Crippen LogP contribution < -0.4 is 0 Å². The fourth-order valence-electron chi connectivity index (χ4n) is 3.43. The molecule has 6 nitrogen and oxygen atoms in total. The van der Waals surface area contributed by atoms with E-state index in [0.29, 0.717) is 5.76 Å². The summed E-state index contributed by atoms with van der Waals surface area (Å²) >= 11 is 0. The zero-order chi connectivity index (χ0) is 19.1. The minimum atomic E-state index is -3.89. The minimum absolute atomic E-state index is 0.000435. The second-order valence-electron chi connectivity index (χ2n) is 6.70. The number of benzene rings is 2. The molecule has 1 fully saturated rings. The maximum atomic E-state index is 13.4. The molecule has 142 valence electrons. The van der Waals surface area contributed by atoms with Crippen LogP contribution in [-0.2, 0) is 26.4 Å². The number of hydrogen-bond acceptors (Lipinski definition) is 5. The van der Waals surface area contributed by atoms with Gasteiger partial charge in [-0.1, -0.05) is 30.3 Å². The summed E-state index contributed by atoms with van der Waals surface area (Å²) in [6.07, 6.45) is 1.76. The van der Waals surface area contributed by atoms with Gasteiger partial charge in [-0.15, -0.1) is 0 Å². The third kappa shape index (κ3) is 3.65. The molecule has 8 heteroatoms. The van der Waals surface area contributed by atoms with E-state index in [-0.39, 0.29) is 29.4 Å². The van der Waals surface area contributed by atoms with E-state index in [1.165, 1.54) is 10.6 Å². The van der Waals surface area contributed by atoms with E-state index in [4.69, 9.17) is 4.42 Å². The molecule has 2 aromatic carbocycles. The number of sulfonamides is 1. The lowest BCUT2D eigenvalue weighted by Crippen LogP contribution is -2.40. The molecule has 0 unspecified atom stereocenters. The van der Waals surface area contributed by atoms with Crippen molar-refractivity contribution in [1.29, 1.82) is 0 Å². The van der Waals surface area contributed by atoms with Crippen LogP contribution in [0.4, 0.5) is 0 Å². The molecule has 0 aliphatic carbocycles. The lowest BCUT2D eigenvalue weighted by atomic mass is 10.1. The van der Waals surface area contributed by atoms with Gasteiger partial charge in [0.15, 0.2) is 9.84 Å². The zero-order valence-electron chi connectivity index (χ0n) is 14.5. The Bertz CT molecular complexity index is 1170. The van der Waals surface area contributed by atoms with Gasteiger partial charge in [-0.2, -0.15) is 4.31 Å². The van der Waals surface area contributed by atoms with Crippen LogP contribution in [0, 0.1) is 0 Å². The highest BCUT2D eigenvalue weighted by Crippen LogP contribution is 2.29. The van der Waals surface area contributed by atoms with Crippen molar-refractivity contribution < 1.29 is 21.3 Å². The summed E-state index contributed by atoms with van der Waals surface area (Å²) < 4.78 is 57.2. The number of fused-ring (bicyclic) bond motifs is 1.